The number of anilines is 1. The topological polar surface area (TPSA) is 242 Å². The van der Waals surface area contributed by atoms with Crippen molar-refractivity contribution in [2.45, 2.75) is 24.5 Å². The first-order valence-electron chi connectivity index (χ1n) is 11.3. The molecule has 1 aromatic rings. The highest BCUT2D eigenvalue weighted by molar-refractivity contribution is 7.45. The van der Waals surface area contributed by atoms with Gasteiger partial charge >= 0.3 is 7.82 Å². The summed E-state index contributed by atoms with van der Waals surface area (Å²) >= 11 is 0. The highest BCUT2D eigenvalue weighted by atomic mass is 31.2. The third-order valence-electron chi connectivity index (χ3n) is 7.06. The van der Waals surface area contributed by atoms with Gasteiger partial charge in [-0.1, -0.05) is 0 Å². The monoisotopic (exact) mass is 555 g/mol. The molecule has 4 atom stereocenters. The third-order valence-corrected chi connectivity index (χ3v) is 7.06. The van der Waals surface area contributed by atoms with Crippen molar-refractivity contribution in [3.63, 3.8) is 0 Å². The molecule has 15 heteroatoms. The van der Waals surface area contributed by atoms with Crippen molar-refractivity contribution in [2.75, 3.05) is 33.1 Å². The van der Waals surface area contributed by atoms with E-state index in [2.05, 4.69) is 0 Å². The lowest BCUT2D eigenvalue weighted by molar-refractivity contribution is -0.153. The average Bonchev–Trinajstić information content (AvgIpc) is 2.74. The Morgan fingerprint density at radius 1 is 1.08 bits per heavy atom. The van der Waals surface area contributed by atoms with Gasteiger partial charge in [0.1, 0.15) is 22.8 Å². The average molecular weight is 555 g/mol. The largest absolute Gasteiger partial charge is 0.508 e. The highest BCUT2D eigenvalue weighted by Crippen LogP contribution is 2.53. The molecule has 1 saturated carbocycles. The Morgan fingerprint density at radius 3 is 2.11 bits per heavy atom. The lowest BCUT2D eigenvalue weighted by atomic mass is 9.57. The summed E-state index contributed by atoms with van der Waals surface area (Å²) < 4.78 is 8.88. The number of carbonyl (C=O) groups excluding carboxylic acids is 3. The van der Waals surface area contributed by atoms with Crippen molar-refractivity contribution in [2.24, 2.45) is 17.6 Å². The number of hydrogen-bond donors (Lipinski definition) is 8. The van der Waals surface area contributed by atoms with E-state index in [4.69, 9.17) is 25.0 Å². The van der Waals surface area contributed by atoms with Gasteiger partial charge in [0.25, 0.3) is 5.91 Å². The van der Waals surface area contributed by atoms with Gasteiger partial charge in [-0.2, -0.15) is 0 Å². The van der Waals surface area contributed by atoms with E-state index in [9.17, 15) is 34.8 Å². The number of benzene rings is 1. The number of primary amides is 1. The molecule has 4 rings (SSSR count). The summed E-state index contributed by atoms with van der Waals surface area (Å²) in [6.45, 7) is 0. The number of hydrogen-bond acceptors (Lipinski definition) is 10. The second-order valence-corrected chi connectivity index (χ2v) is 10.9. The molecule has 0 bridgehead atoms. The predicted molar refractivity (Wildman–Crippen MR) is 133 cm³/mol. The number of Topliss-reactive ketones (excluding diaryl/α,β-unsaturated/α-hetero) is 2. The molecule has 9 N–H and O–H groups in total. The zero-order valence-corrected chi connectivity index (χ0v) is 21.9. The Bertz CT molecular complexity index is 1320. The molecule has 1 amide bonds. The summed E-state index contributed by atoms with van der Waals surface area (Å²) in [6.07, 6.45) is 0.324. The molecule has 0 aliphatic heterocycles. The molecule has 0 spiro atoms. The van der Waals surface area contributed by atoms with E-state index < -0.39 is 65.9 Å². The van der Waals surface area contributed by atoms with Crippen LogP contribution in [0.15, 0.2) is 29.0 Å². The first-order chi connectivity index (χ1) is 17.3. The molecule has 3 aliphatic rings. The molecular formula is C23H30N3O11P. The number of phenolic OH excluding ortho intramolecular Hbond substituents is 1. The number of aliphatic hydroxyl groups excluding tert-OH is 2. The van der Waals surface area contributed by atoms with E-state index in [1.807, 2.05) is 19.0 Å². The number of likely N-dealkylation sites (N-methyl/N-ethyl adjacent to an activating group) is 1. The van der Waals surface area contributed by atoms with Gasteiger partial charge in [-0.25, -0.2) is 4.57 Å². The van der Waals surface area contributed by atoms with Crippen LogP contribution in [-0.4, -0.2) is 97.3 Å². The zero-order valence-electron chi connectivity index (χ0n) is 21.0. The fourth-order valence-corrected chi connectivity index (χ4v) is 5.65. The van der Waals surface area contributed by atoms with Crippen LogP contribution < -0.4 is 10.6 Å². The zero-order chi connectivity index (χ0) is 29.1. The van der Waals surface area contributed by atoms with Crippen molar-refractivity contribution >= 4 is 36.7 Å². The molecule has 0 heterocycles. The molecule has 38 heavy (non-hydrogen) atoms. The normalized spacial score (nSPS) is 26.8. The van der Waals surface area contributed by atoms with Gasteiger partial charge in [0.15, 0.2) is 11.4 Å². The minimum atomic E-state index is -4.64. The first kappa shape index (κ1) is 29.3. The van der Waals surface area contributed by atoms with E-state index in [0.29, 0.717) is 5.56 Å². The van der Waals surface area contributed by atoms with Crippen molar-refractivity contribution in [3.8, 4) is 5.75 Å². The van der Waals surface area contributed by atoms with Gasteiger partial charge in [-0.15, -0.1) is 0 Å². The molecule has 208 valence electrons. The number of nitrogens with two attached hydrogens (primary N) is 1. The Balaban J connectivity index is 0.000000732. The van der Waals surface area contributed by atoms with Crippen LogP contribution in [0.2, 0.25) is 0 Å². The second kappa shape index (κ2) is 9.80. The number of aliphatic hydroxyl groups is 3. The number of nitrogens with zero attached hydrogens (tertiary/aromatic N) is 2. The van der Waals surface area contributed by atoms with E-state index in [0.717, 1.165) is 5.69 Å². The lowest BCUT2D eigenvalue weighted by Gasteiger charge is -2.50. The number of amides is 1. The van der Waals surface area contributed by atoms with E-state index in [-0.39, 0.29) is 29.7 Å². The SMILES string of the molecule is CN(C)c1ccc(O)c2c1C[C@H]1C[C@@H]3[C@H](N(C)C)C(=O)C(C(N)=O)=C(O)[C@@]3(O)C(=O)C1=C2O.O=P(O)(O)O. The van der Waals surface area contributed by atoms with E-state index in [1.54, 1.807) is 20.2 Å². The molecule has 3 aliphatic carbocycles. The molecule has 14 nitrogen and oxygen atoms in total. The quantitative estimate of drug-likeness (QED) is 0.167. The fourth-order valence-electron chi connectivity index (χ4n) is 5.65. The molecule has 0 radical (unpaired) electrons. The van der Waals surface area contributed by atoms with Crippen LogP contribution in [0.3, 0.4) is 0 Å². The summed E-state index contributed by atoms with van der Waals surface area (Å²) in [5.41, 5.74) is 3.15. The van der Waals surface area contributed by atoms with E-state index in [1.165, 1.54) is 11.0 Å². The minimum Gasteiger partial charge on any atom is -0.508 e. The molecule has 0 saturated heterocycles. The maximum absolute atomic E-state index is 13.7. The Kier molecular flexibility index (Phi) is 7.56. The van der Waals surface area contributed by atoms with Gasteiger partial charge in [-0.3, -0.25) is 19.3 Å². The molecule has 0 unspecified atom stereocenters. The first-order valence-corrected chi connectivity index (χ1v) is 12.9. The van der Waals surface area contributed by atoms with Gasteiger partial charge in [0.05, 0.1) is 11.6 Å². The molecule has 1 fully saturated rings. The van der Waals surface area contributed by atoms with Crippen LogP contribution >= 0.6 is 7.82 Å². The van der Waals surface area contributed by atoms with Crippen LogP contribution in [0.25, 0.3) is 5.76 Å². The fraction of sp³-hybridized carbons (Fsp3) is 0.435. The number of ketones is 2. The maximum Gasteiger partial charge on any atom is 0.466 e. The maximum atomic E-state index is 13.7. The van der Waals surface area contributed by atoms with Crippen LogP contribution in [-0.2, 0) is 25.4 Å². The Hall–Kier alpha value is -3.26. The van der Waals surface area contributed by atoms with Crippen molar-refractivity contribution in [3.05, 3.63) is 40.2 Å². The minimum absolute atomic E-state index is 0.0638. The van der Waals surface area contributed by atoms with Crippen molar-refractivity contribution in [1.82, 2.24) is 4.90 Å². The van der Waals surface area contributed by atoms with Crippen LogP contribution in [0.5, 0.6) is 5.75 Å². The number of carbonyl (C=O) groups is 3. The number of aromatic hydroxyl groups is 1. The number of phosphoric acid groups is 1. The van der Waals surface area contributed by atoms with Crippen LogP contribution in [0, 0.1) is 11.8 Å². The molecule has 0 aromatic heterocycles. The standard InChI is InChI=1S/C23H27N3O7.H3O4P/c1-25(2)12-5-6-13(27)15-10(12)7-9-8-11-17(26(3)4)19(29)16(22(24)32)21(31)23(11,33)20(30)14(9)18(15)28;1-5(2,3)4/h5-6,9,11,17,27-28,31,33H,7-8H2,1-4H3,(H2,24,32);(H3,1,2,3,4)/t9-,11+,17-,23-;/m0./s1. The van der Waals surface area contributed by atoms with Gasteiger partial charge in [-0.05, 0) is 50.6 Å². The van der Waals surface area contributed by atoms with Gasteiger partial charge in [0, 0.05) is 31.3 Å². The summed E-state index contributed by atoms with van der Waals surface area (Å²) in [6, 6.07) is 2.01. The summed E-state index contributed by atoms with van der Waals surface area (Å²) in [7, 11) is 2.11. The number of fused-ring (bicyclic) bond motifs is 3. The summed E-state index contributed by atoms with van der Waals surface area (Å²) in [5, 5.41) is 43.9. The van der Waals surface area contributed by atoms with Gasteiger partial charge < -0.3 is 45.7 Å². The highest BCUT2D eigenvalue weighted by Gasteiger charge is 2.64. The second-order valence-electron chi connectivity index (χ2n) is 9.83. The third kappa shape index (κ3) is 4.70. The lowest BCUT2D eigenvalue weighted by Crippen LogP contribution is -2.65. The Labute approximate surface area is 217 Å². The molecule has 1 aromatic carbocycles. The summed E-state index contributed by atoms with van der Waals surface area (Å²) in [4.78, 5) is 63.6. The van der Waals surface area contributed by atoms with Gasteiger partial charge in [0.2, 0.25) is 5.78 Å². The van der Waals surface area contributed by atoms with Crippen LogP contribution in [0.4, 0.5) is 5.69 Å². The van der Waals surface area contributed by atoms with Crippen molar-refractivity contribution in [1.29, 1.82) is 0 Å². The Morgan fingerprint density at radius 2 is 1.63 bits per heavy atom. The molecular weight excluding hydrogens is 525 g/mol. The number of rotatable bonds is 3. The van der Waals surface area contributed by atoms with Crippen LogP contribution in [0.1, 0.15) is 17.5 Å². The smallest absolute Gasteiger partial charge is 0.466 e. The van der Waals surface area contributed by atoms with Crippen molar-refractivity contribution < 1.29 is 54.1 Å². The van der Waals surface area contributed by atoms with E-state index >= 15 is 0 Å². The predicted octanol–water partition coefficient (Wildman–Crippen LogP) is -0.899. The number of phenols is 1. The summed E-state index contributed by atoms with van der Waals surface area (Å²) in [5.74, 6) is -6.54.